The first-order valence-electron chi connectivity index (χ1n) is 6.81. The van der Waals surface area contributed by atoms with E-state index in [-0.39, 0.29) is 29.8 Å². The van der Waals surface area contributed by atoms with E-state index < -0.39 is 0 Å². The molecule has 0 aliphatic heterocycles. The Morgan fingerprint density at radius 3 is 2.52 bits per heavy atom. The van der Waals surface area contributed by atoms with Crippen LogP contribution in [0.2, 0.25) is 0 Å². The Morgan fingerprint density at radius 1 is 1.33 bits per heavy atom. The van der Waals surface area contributed by atoms with Gasteiger partial charge in [-0.05, 0) is 45.6 Å². The number of halogens is 2. The van der Waals surface area contributed by atoms with Gasteiger partial charge in [0.2, 0.25) is 0 Å². The van der Waals surface area contributed by atoms with Crippen LogP contribution in [0.25, 0.3) is 0 Å². The van der Waals surface area contributed by atoms with Gasteiger partial charge in [-0.3, -0.25) is 4.99 Å². The summed E-state index contributed by atoms with van der Waals surface area (Å²) < 4.78 is 13.7. The molecule has 0 radical (unpaired) electrons. The molecule has 0 fully saturated rings. The molecule has 1 rings (SSSR count). The number of rotatable bonds is 5. The molecule has 2 N–H and O–H groups in total. The monoisotopic (exact) mass is 408 g/mol. The summed E-state index contributed by atoms with van der Waals surface area (Å²) in [6.45, 7) is 5.33. The Morgan fingerprint density at radius 2 is 2.00 bits per heavy atom. The first-order valence-corrected chi connectivity index (χ1v) is 6.81. The molecular formula is C15H26FIN4. The Kier molecular flexibility index (Phi) is 9.52. The van der Waals surface area contributed by atoms with Crippen LogP contribution in [0.15, 0.2) is 23.2 Å². The highest BCUT2D eigenvalue weighted by atomic mass is 127. The van der Waals surface area contributed by atoms with Gasteiger partial charge in [0.05, 0.1) is 0 Å². The highest BCUT2D eigenvalue weighted by Gasteiger charge is 2.06. The fraction of sp³-hybridized carbons (Fsp3) is 0.533. The van der Waals surface area contributed by atoms with Crippen molar-refractivity contribution in [2.75, 3.05) is 21.1 Å². The lowest BCUT2D eigenvalue weighted by molar-refractivity contribution is 0.392. The van der Waals surface area contributed by atoms with Crippen LogP contribution in [0.5, 0.6) is 0 Å². The van der Waals surface area contributed by atoms with Crippen LogP contribution in [0.4, 0.5) is 4.39 Å². The fourth-order valence-corrected chi connectivity index (χ4v) is 1.85. The summed E-state index contributed by atoms with van der Waals surface area (Å²) in [7, 11) is 5.59. The number of hydrogen-bond acceptors (Lipinski definition) is 2. The second-order valence-corrected chi connectivity index (χ2v) is 5.39. The molecule has 0 amide bonds. The largest absolute Gasteiger partial charge is 0.354 e. The quantitative estimate of drug-likeness (QED) is 0.447. The third-order valence-electron chi connectivity index (χ3n) is 2.71. The van der Waals surface area contributed by atoms with E-state index in [1.54, 1.807) is 13.1 Å². The van der Waals surface area contributed by atoms with E-state index in [1.807, 2.05) is 25.1 Å². The SMILES string of the molecule is CN=C(NCc1ccc(F)c(CN(C)C)c1)NC(C)C.I. The summed E-state index contributed by atoms with van der Waals surface area (Å²) in [6.07, 6.45) is 0. The lowest BCUT2D eigenvalue weighted by Gasteiger charge is -2.15. The van der Waals surface area contributed by atoms with Gasteiger partial charge in [0.15, 0.2) is 5.96 Å². The molecule has 0 bridgehead atoms. The van der Waals surface area contributed by atoms with E-state index in [4.69, 9.17) is 0 Å². The lowest BCUT2D eigenvalue weighted by atomic mass is 10.1. The summed E-state index contributed by atoms with van der Waals surface area (Å²) in [4.78, 5) is 6.10. The predicted octanol–water partition coefficient (Wildman–Crippen LogP) is 2.58. The Labute approximate surface area is 144 Å². The van der Waals surface area contributed by atoms with Crippen molar-refractivity contribution in [1.29, 1.82) is 0 Å². The van der Waals surface area contributed by atoms with Gasteiger partial charge < -0.3 is 15.5 Å². The third kappa shape index (κ3) is 7.61. The van der Waals surface area contributed by atoms with Crippen molar-refractivity contribution in [2.45, 2.75) is 33.0 Å². The van der Waals surface area contributed by atoms with Gasteiger partial charge in [0.1, 0.15) is 5.82 Å². The van der Waals surface area contributed by atoms with E-state index in [1.165, 1.54) is 6.07 Å². The van der Waals surface area contributed by atoms with Crippen LogP contribution in [0.1, 0.15) is 25.0 Å². The van der Waals surface area contributed by atoms with Gasteiger partial charge >= 0.3 is 0 Å². The Hall–Kier alpha value is -0.890. The van der Waals surface area contributed by atoms with Gasteiger partial charge in [0.25, 0.3) is 0 Å². The van der Waals surface area contributed by atoms with Crippen molar-refractivity contribution in [3.05, 3.63) is 35.1 Å². The minimum atomic E-state index is -0.160. The van der Waals surface area contributed by atoms with Gasteiger partial charge in [-0.1, -0.05) is 6.07 Å². The molecule has 0 aromatic heterocycles. The highest BCUT2D eigenvalue weighted by molar-refractivity contribution is 14.0. The summed E-state index contributed by atoms with van der Waals surface area (Å²) in [6, 6.07) is 5.53. The molecule has 6 heteroatoms. The zero-order chi connectivity index (χ0) is 15.1. The molecule has 0 heterocycles. The summed E-state index contributed by atoms with van der Waals surface area (Å²) >= 11 is 0. The normalized spacial score (nSPS) is 11.5. The molecule has 4 nitrogen and oxygen atoms in total. The zero-order valence-electron chi connectivity index (χ0n) is 13.4. The smallest absolute Gasteiger partial charge is 0.191 e. The minimum absolute atomic E-state index is 0. The molecule has 0 aliphatic rings. The van der Waals surface area contributed by atoms with Crippen molar-refractivity contribution < 1.29 is 4.39 Å². The Balaban J connectivity index is 0.00000400. The molecule has 0 unspecified atom stereocenters. The Bertz CT molecular complexity index is 461. The molecule has 21 heavy (non-hydrogen) atoms. The molecule has 1 aromatic rings. The lowest BCUT2D eigenvalue weighted by Crippen LogP contribution is -2.40. The molecular weight excluding hydrogens is 382 g/mol. The average molecular weight is 408 g/mol. The van der Waals surface area contributed by atoms with Crippen molar-refractivity contribution >= 4 is 29.9 Å². The van der Waals surface area contributed by atoms with Gasteiger partial charge in [-0.25, -0.2) is 4.39 Å². The second-order valence-electron chi connectivity index (χ2n) is 5.39. The van der Waals surface area contributed by atoms with Gasteiger partial charge in [-0.2, -0.15) is 0 Å². The standard InChI is InChI=1S/C15H25FN4.HI/c1-11(2)19-15(17-3)18-9-12-6-7-14(16)13(8-12)10-20(4)5;/h6-8,11H,9-10H2,1-5H3,(H2,17,18,19);1H. The fourth-order valence-electron chi connectivity index (χ4n) is 1.85. The first kappa shape index (κ1) is 20.1. The molecule has 0 saturated heterocycles. The zero-order valence-corrected chi connectivity index (χ0v) is 15.7. The maximum absolute atomic E-state index is 13.7. The number of hydrogen-bond donors (Lipinski definition) is 2. The summed E-state index contributed by atoms with van der Waals surface area (Å²) in [5.41, 5.74) is 1.75. The van der Waals surface area contributed by atoms with E-state index in [0.29, 0.717) is 24.7 Å². The topological polar surface area (TPSA) is 39.7 Å². The first-order chi connectivity index (χ1) is 9.42. The molecule has 1 aromatic carbocycles. The highest BCUT2D eigenvalue weighted by Crippen LogP contribution is 2.12. The molecule has 120 valence electrons. The molecule has 0 aliphatic carbocycles. The van der Waals surface area contributed by atoms with Crippen LogP contribution in [-0.2, 0) is 13.1 Å². The summed E-state index contributed by atoms with van der Waals surface area (Å²) in [5.74, 6) is 0.589. The maximum atomic E-state index is 13.7. The predicted molar refractivity (Wildman–Crippen MR) is 97.7 cm³/mol. The van der Waals surface area contributed by atoms with Crippen molar-refractivity contribution in [3.8, 4) is 0 Å². The van der Waals surface area contributed by atoms with Crippen LogP contribution < -0.4 is 10.6 Å². The number of aliphatic imine (C=N–C) groups is 1. The van der Waals surface area contributed by atoms with E-state index in [2.05, 4.69) is 29.5 Å². The van der Waals surface area contributed by atoms with Crippen LogP contribution in [-0.4, -0.2) is 38.0 Å². The van der Waals surface area contributed by atoms with Crippen LogP contribution >= 0.6 is 24.0 Å². The third-order valence-corrected chi connectivity index (χ3v) is 2.71. The van der Waals surface area contributed by atoms with Crippen molar-refractivity contribution in [2.24, 2.45) is 4.99 Å². The second kappa shape index (κ2) is 9.94. The number of nitrogens with one attached hydrogen (secondary N) is 2. The van der Waals surface area contributed by atoms with Crippen LogP contribution in [0, 0.1) is 5.82 Å². The molecule has 0 atom stereocenters. The number of guanidine groups is 1. The number of nitrogens with zero attached hydrogens (tertiary/aromatic N) is 2. The van der Waals surface area contributed by atoms with Crippen LogP contribution in [0.3, 0.4) is 0 Å². The van der Waals surface area contributed by atoms with Gasteiger partial charge in [0, 0.05) is 31.7 Å². The van der Waals surface area contributed by atoms with Crippen molar-refractivity contribution in [3.63, 3.8) is 0 Å². The number of benzene rings is 1. The van der Waals surface area contributed by atoms with E-state index in [9.17, 15) is 4.39 Å². The summed E-state index contributed by atoms with van der Waals surface area (Å²) in [5, 5.41) is 6.43. The van der Waals surface area contributed by atoms with Gasteiger partial charge in [-0.15, -0.1) is 24.0 Å². The van der Waals surface area contributed by atoms with E-state index >= 15 is 0 Å². The average Bonchev–Trinajstić information content (AvgIpc) is 2.37. The minimum Gasteiger partial charge on any atom is -0.354 e. The molecule has 0 spiro atoms. The van der Waals surface area contributed by atoms with E-state index in [0.717, 1.165) is 11.5 Å². The molecule has 0 saturated carbocycles. The maximum Gasteiger partial charge on any atom is 0.191 e. The van der Waals surface area contributed by atoms with Crippen molar-refractivity contribution in [1.82, 2.24) is 15.5 Å².